The summed E-state index contributed by atoms with van der Waals surface area (Å²) in [5.74, 6) is 0. The van der Waals surface area contributed by atoms with E-state index in [2.05, 4.69) is 26.4 Å². The van der Waals surface area contributed by atoms with Crippen LogP contribution in [0.1, 0.15) is 13.8 Å². The maximum absolute atomic E-state index is 2.26. The Kier molecular flexibility index (Phi) is 8.06. The smallest absolute Gasteiger partial charge is 0.0588 e. The summed E-state index contributed by atoms with van der Waals surface area (Å²) in [6.45, 7) is 4.52. The monoisotopic (exact) mass is 214 g/mol. The molecule has 0 bridgehead atoms. The van der Waals surface area contributed by atoms with E-state index in [0.29, 0.717) is 0 Å². The molecule has 0 fully saturated rings. The first-order valence-corrected chi connectivity index (χ1v) is 7.93. The summed E-state index contributed by atoms with van der Waals surface area (Å²) in [7, 11) is 3.79. The third-order valence-corrected chi connectivity index (χ3v) is 6.18. The van der Waals surface area contributed by atoms with Crippen molar-refractivity contribution >= 4 is 45.1 Å². The van der Waals surface area contributed by atoms with Crippen molar-refractivity contribution in [1.29, 1.82) is 0 Å². The lowest BCUT2D eigenvalue weighted by Gasteiger charge is -2.12. The van der Waals surface area contributed by atoms with Crippen LogP contribution in [-0.2, 0) is 0 Å². The summed E-state index contributed by atoms with van der Waals surface area (Å²) in [5.41, 5.74) is 0. The molecule has 0 aromatic heterocycles. The SMILES string of the molecule is CSSC(C)S[C@H](C)SC. The third-order valence-electron chi connectivity index (χ3n) is 0.947. The minimum atomic E-state index is 0.720. The fourth-order valence-corrected chi connectivity index (χ4v) is 5.06. The molecule has 2 atom stereocenters. The lowest BCUT2D eigenvalue weighted by Crippen LogP contribution is -1.94. The highest BCUT2D eigenvalue weighted by Gasteiger charge is 2.06. The van der Waals surface area contributed by atoms with E-state index in [1.807, 2.05) is 45.1 Å². The molecule has 0 amide bonds. The van der Waals surface area contributed by atoms with E-state index in [4.69, 9.17) is 0 Å². The number of rotatable bonds is 5. The van der Waals surface area contributed by atoms with Gasteiger partial charge in [0.1, 0.15) is 0 Å². The van der Waals surface area contributed by atoms with Crippen molar-refractivity contribution in [3.63, 3.8) is 0 Å². The Balaban J connectivity index is 3.27. The molecule has 0 aliphatic carbocycles. The molecule has 62 valence electrons. The first-order valence-electron chi connectivity index (χ1n) is 3.08. The molecule has 0 aliphatic rings. The summed E-state index contributed by atoms with van der Waals surface area (Å²) in [4.78, 5) is 0. The van der Waals surface area contributed by atoms with Crippen LogP contribution < -0.4 is 0 Å². The predicted octanol–water partition coefficient (Wildman–Crippen LogP) is 3.79. The summed E-state index contributed by atoms with van der Waals surface area (Å²) < 4.78 is 1.45. The van der Waals surface area contributed by atoms with Gasteiger partial charge in [0.25, 0.3) is 0 Å². The zero-order valence-electron chi connectivity index (χ0n) is 6.79. The summed E-state index contributed by atoms with van der Waals surface area (Å²) >= 11 is 3.95. The van der Waals surface area contributed by atoms with Crippen LogP contribution in [0.2, 0.25) is 0 Å². The summed E-state index contributed by atoms with van der Waals surface area (Å²) in [6.07, 6.45) is 4.29. The molecule has 0 rings (SSSR count). The zero-order chi connectivity index (χ0) is 7.98. The van der Waals surface area contributed by atoms with Gasteiger partial charge in [-0.25, -0.2) is 0 Å². The molecule has 0 aromatic carbocycles. The first kappa shape index (κ1) is 11.4. The van der Waals surface area contributed by atoms with Gasteiger partial charge in [-0.15, -0.1) is 11.8 Å². The van der Waals surface area contributed by atoms with Gasteiger partial charge in [-0.1, -0.05) is 21.6 Å². The van der Waals surface area contributed by atoms with E-state index in [-0.39, 0.29) is 0 Å². The van der Waals surface area contributed by atoms with Crippen LogP contribution in [0.25, 0.3) is 0 Å². The van der Waals surface area contributed by atoms with Crippen molar-refractivity contribution in [2.75, 3.05) is 12.5 Å². The Labute approximate surface area is 80.5 Å². The van der Waals surface area contributed by atoms with Crippen molar-refractivity contribution < 1.29 is 0 Å². The quantitative estimate of drug-likeness (QED) is 0.504. The molecule has 0 saturated heterocycles. The fourth-order valence-electron chi connectivity index (χ4n) is 0.484. The molecule has 4 heteroatoms. The molecule has 0 aliphatic heterocycles. The number of hydrogen-bond acceptors (Lipinski definition) is 4. The van der Waals surface area contributed by atoms with Gasteiger partial charge in [0.15, 0.2) is 0 Å². The van der Waals surface area contributed by atoms with Gasteiger partial charge in [0, 0.05) is 4.58 Å². The van der Waals surface area contributed by atoms with Gasteiger partial charge in [0.2, 0.25) is 0 Å². The normalized spacial score (nSPS) is 16.8. The van der Waals surface area contributed by atoms with Gasteiger partial charge < -0.3 is 0 Å². The molecule has 0 radical (unpaired) electrons. The van der Waals surface area contributed by atoms with Gasteiger partial charge >= 0.3 is 0 Å². The molecule has 0 aromatic rings. The van der Waals surface area contributed by atoms with Crippen molar-refractivity contribution in [3.05, 3.63) is 0 Å². The molecule has 0 heterocycles. The summed E-state index contributed by atoms with van der Waals surface area (Å²) in [6, 6.07) is 0. The van der Waals surface area contributed by atoms with Crippen LogP contribution in [0.15, 0.2) is 0 Å². The minimum Gasteiger partial charge on any atom is -0.151 e. The second-order valence-electron chi connectivity index (χ2n) is 1.77. The van der Waals surface area contributed by atoms with E-state index >= 15 is 0 Å². The Morgan fingerprint density at radius 2 is 1.60 bits per heavy atom. The van der Waals surface area contributed by atoms with Crippen molar-refractivity contribution in [1.82, 2.24) is 0 Å². The molecular weight excluding hydrogens is 200 g/mol. The van der Waals surface area contributed by atoms with Crippen molar-refractivity contribution in [2.45, 2.75) is 23.0 Å². The van der Waals surface area contributed by atoms with Crippen molar-refractivity contribution in [2.24, 2.45) is 0 Å². The molecule has 1 unspecified atom stereocenters. The molecule has 0 saturated carbocycles. The van der Waals surface area contributed by atoms with Crippen LogP contribution >= 0.6 is 45.1 Å². The first-order chi connectivity index (χ1) is 4.70. The highest BCUT2D eigenvalue weighted by Crippen LogP contribution is 2.36. The standard InChI is InChI=1S/C6H14S4/c1-5(7-3)9-6(2)10-8-4/h5-6H,1-4H3/t5-,6?/m1/s1. The Morgan fingerprint density at radius 3 is 2.00 bits per heavy atom. The Bertz CT molecular complexity index is 76.1. The van der Waals surface area contributed by atoms with E-state index in [0.717, 1.165) is 9.16 Å². The second kappa shape index (κ2) is 7.07. The van der Waals surface area contributed by atoms with Gasteiger partial charge in [-0.2, -0.15) is 11.8 Å². The summed E-state index contributed by atoms with van der Waals surface area (Å²) in [5, 5.41) is 0. The fraction of sp³-hybridized carbons (Fsp3) is 1.00. The van der Waals surface area contributed by atoms with Gasteiger partial charge in [0.05, 0.1) is 4.58 Å². The molecule has 10 heavy (non-hydrogen) atoms. The molecule has 0 spiro atoms. The number of thioether (sulfide) groups is 2. The van der Waals surface area contributed by atoms with E-state index in [9.17, 15) is 0 Å². The van der Waals surface area contributed by atoms with Crippen LogP contribution in [0.3, 0.4) is 0 Å². The second-order valence-corrected chi connectivity index (χ2v) is 8.04. The van der Waals surface area contributed by atoms with E-state index in [1.165, 1.54) is 0 Å². The van der Waals surface area contributed by atoms with E-state index in [1.54, 1.807) is 0 Å². The Hall–Kier alpha value is 1.40. The van der Waals surface area contributed by atoms with Gasteiger partial charge in [-0.05, 0) is 26.4 Å². The largest absolute Gasteiger partial charge is 0.151 e. The van der Waals surface area contributed by atoms with E-state index < -0.39 is 0 Å². The zero-order valence-corrected chi connectivity index (χ0v) is 10.1. The highest BCUT2D eigenvalue weighted by molar-refractivity contribution is 8.78. The average molecular weight is 214 g/mol. The van der Waals surface area contributed by atoms with Crippen LogP contribution in [0, 0.1) is 0 Å². The lowest BCUT2D eigenvalue weighted by molar-refractivity contribution is 1.36. The Morgan fingerprint density at radius 1 is 1.00 bits per heavy atom. The van der Waals surface area contributed by atoms with Crippen molar-refractivity contribution in [3.8, 4) is 0 Å². The topological polar surface area (TPSA) is 0 Å². The van der Waals surface area contributed by atoms with Gasteiger partial charge in [-0.3, -0.25) is 0 Å². The molecular formula is C6H14S4. The minimum absolute atomic E-state index is 0.720. The molecule has 0 N–H and O–H groups in total. The van der Waals surface area contributed by atoms with Crippen LogP contribution in [-0.4, -0.2) is 21.7 Å². The van der Waals surface area contributed by atoms with Crippen LogP contribution in [0.4, 0.5) is 0 Å². The maximum Gasteiger partial charge on any atom is 0.0588 e. The number of hydrogen-bond donors (Lipinski definition) is 0. The molecule has 0 nitrogen and oxygen atoms in total. The lowest BCUT2D eigenvalue weighted by atomic mass is 10.9. The third kappa shape index (κ3) is 6.13. The predicted molar refractivity (Wildman–Crippen MR) is 61.1 cm³/mol. The highest BCUT2D eigenvalue weighted by atomic mass is 33.1. The average Bonchev–Trinajstić information content (AvgIpc) is 1.88. The van der Waals surface area contributed by atoms with Crippen LogP contribution in [0.5, 0.6) is 0 Å². The maximum atomic E-state index is 2.26.